The van der Waals surface area contributed by atoms with Crippen LogP contribution in [0.2, 0.25) is 0 Å². The van der Waals surface area contributed by atoms with Crippen LogP contribution in [0.4, 0.5) is 10.1 Å². The highest BCUT2D eigenvalue weighted by atomic mass is 19.1. The van der Waals surface area contributed by atoms with Gasteiger partial charge < -0.3 is 11.1 Å². The summed E-state index contributed by atoms with van der Waals surface area (Å²) in [6.07, 6.45) is 1.69. The molecular weight excluding hydrogens is 193 g/mol. The summed E-state index contributed by atoms with van der Waals surface area (Å²) in [7, 11) is 0. The molecule has 2 rings (SSSR count). The number of fused-ring (bicyclic) bond motifs is 1. The predicted octanol–water partition coefficient (Wildman–Crippen LogP) is 1.74. The van der Waals surface area contributed by atoms with Crippen LogP contribution in [0.3, 0.4) is 0 Å². The molecular formula is C11H12FN3. The molecule has 2 aromatic rings. The van der Waals surface area contributed by atoms with Crippen LogP contribution in [0.15, 0.2) is 30.5 Å². The van der Waals surface area contributed by atoms with Crippen molar-refractivity contribution in [3.8, 4) is 0 Å². The fraction of sp³-hybridized carbons (Fsp3) is 0.182. The molecule has 0 saturated carbocycles. The number of halogens is 1. The Labute approximate surface area is 87.1 Å². The van der Waals surface area contributed by atoms with Crippen molar-refractivity contribution >= 4 is 16.6 Å². The van der Waals surface area contributed by atoms with Gasteiger partial charge in [0, 0.05) is 30.4 Å². The van der Waals surface area contributed by atoms with Gasteiger partial charge in [0.25, 0.3) is 0 Å². The molecule has 15 heavy (non-hydrogen) atoms. The Hall–Kier alpha value is -1.68. The van der Waals surface area contributed by atoms with E-state index >= 15 is 0 Å². The van der Waals surface area contributed by atoms with Gasteiger partial charge in [-0.15, -0.1) is 0 Å². The molecule has 0 aliphatic carbocycles. The average Bonchev–Trinajstić information content (AvgIpc) is 2.26. The van der Waals surface area contributed by atoms with Gasteiger partial charge in [0.1, 0.15) is 5.82 Å². The maximum absolute atomic E-state index is 13.1. The first-order valence-electron chi connectivity index (χ1n) is 4.79. The zero-order valence-corrected chi connectivity index (χ0v) is 8.20. The molecule has 4 heteroatoms. The number of rotatable bonds is 3. The third kappa shape index (κ3) is 2.05. The summed E-state index contributed by atoms with van der Waals surface area (Å²) in [6.45, 7) is 1.20. The number of nitrogens with zero attached hydrogens (tertiary/aromatic N) is 1. The van der Waals surface area contributed by atoms with Crippen molar-refractivity contribution in [1.29, 1.82) is 0 Å². The molecule has 1 aromatic carbocycles. The van der Waals surface area contributed by atoms with Crippen molar-refractivity contribution in [3.05, 3.63) is 36.3 Å². The first kappa shape index (κ1) is 9.86. The largest absolute Gasteiger partial charge is 0.383 e. The van der Waals surface area contributed by atoms with E-state index in [2.05, 4.69) is 10.3 Å². The zero-order valence-electron chi connectivity index (χ0n) is 8.20. The fourth-order valence-electron chi connectivity index (χ4n) is 1.48. The van der Waals surface area contributed by atoms with Gasteiger partial charge in [0.2, 0.25) is 0 Å². The van der Waals surface area contributed by atoms with Crippen molar-refractivity contribution in [2.24, 2.45) is 5.73 Å². The Morgan fingerprint density at radius 1 is 1.33 bits per heavy atom. The predicted molar refractivity (Wildman–Crippen MR) is 59.2 cm³/mol. The van der Waals surface area contributed by atoms with Gasteiger partial charge >= 0.3 is 0 Å². The van der Waals surface area contributed by atoms with E-state index in [0.717, 1.165) is 16.6 Å². The number of pyridine rings is 1. The van der Waals surface area contributed by atoms with Crippen molar-refractivity contribution in [1.82, 2.24) is 4.98 Å². The van der Waals surface area contributed by atoms with E-state index in [9.17, 15) is 4.39 Å². The third-order valence-electron chi connectivity index (χ3n) is 2.16. The molecule has 0 fully saturated rings. The van der Waals surface area contributed by atoms with Gasteiger partial charge in [-0.1, -0.05) is 0 Å². The first-order chi connectivity index (χ1) is 7.31. The molecule has 0 aliphatic heterocycles. The highest BCUT2D eigenvalue weighted by Gasteiger charge is 2.02. The monoisotopic (exact) mass is 205 g/mol. The molecule has 0 amide bonds. The Morgan fingerprint density at radius 3 is 3.00 bits per heavy atom. The van der Waals surface area contributed by atoms with E-state index in [1.165, 1.54) is 12.1 Å². The zero-order chi connectivity index (χ0) is 10.7. The highest BCUT2D eigenvalue weighted by Crippen LogP contribution is 2.21. The van der Waals surface area contributed by atoms with Crippen LogP contribution < -0.4 is 11.1 Å². The summed E-state index contributed by atoms with van der Waals surface area (Å²) in [4.78, 5) is 4.15. The lowest BCUT2D eigenvalue weighted by Crippen LogP contribution is -2.13. The minimum atomic E-state index is -0.258. The normalized spacial score (nSPS) is 10.5. The number of hydrogen-bond acceptors (Lipinski definition) is 3. The molecule has 0 saturated heterocycles. The lowest BCUT2D eigenvalue weighted by Gasteiger charge is -2.07. The number of anilines is 1. The first-order valence-corrected chi connectivity index (χ1v) is 4.79. The lowest BCUT2D eigenvalue weighted by atomic mass is 10.2. The van der Waals surface area contributed by atoms with E-state index in [-0.39, 0.29) is 5.82 Å². The molecule has 0 atom stereocenters. The van der Waals surface area contributed by atoms with Crippen molar-refractivity contribution < 1.29 is 4.39 Å². The van der Waals surface area contributed by atoms with Crippen LogP contribution in [0.25, 0.3) is 10.9 Å². The van der Waals surface area contributed by atoms with Gasteiger partial charge in [0.05, 0.1) is 5.52 Å². The summed E-state index contributed by atoms with van der Waals surface area (Å²) in [5, 5.41) is 3.92. The maximum Gasteiger partial charge on any atom is 0.124 e. The summed E-state index contributed by atoms with van der Waals surface area (Å²) in [6, 6.07) is 6.36. The van der Waals surface area contributed by atoms with Gasteiger partial charge in [-0.2, -0.15) is 0 Å². The van der Waals surface area contributed by atoms with E-state index < -0.39 is 0 Å². The Bertz CT molecular complexity index is 470. The third-order valence-corrected chi connectivity index (χ3v) is 2.16. The molecule has 0 radical (unpaired) electrons. The average molecular weight is 205 g/mol. The van der Waals surface area contributed by atoms with Crippen molar-refractivity contribution in [3.63, 3.8) is 0 Å². The second-order valence-corrected chi connectivity index (χ2v) is 3.24. The molecule has 3 N–H and O–H groups in total. The Morgan fingerprint density at radius 2 is 2.20 bits per heavy atom. The summed E-state index contributed by atoms with van der Waals surface area (Å²) in [5.74, 6) is -0.258. The second kappa shape index (κ2) is 4.23. The summed E-state index contributed by atoms with van der Waals surface area (Å²) < 4.78 is 13.1. The smallest absolute Gasteiger partial charge is 0.124 e. The van der Waals surface area contributed by atoms with E-state index in [1.54, 1.807) is 12.3 Å². The van der Waals surface area contributed by atoms with Gasteiger partial charge in [-0.25, -0.2) is 4.39 Å². The standard InChI is InChI=1S/C11H12FN3/c12-8-1-2-10-9(7-8)11(3-5-14-10)15-6-4-13/h1-3,5,7H,4,6,13H2,(H,14,15). The SMILES string of the molecule is NCCNc1ccnc2ccc(F)cc12. The molecule has 3 nitrogen and oxygen atoms in total. The maximum atomic E-state index is 13.1. The molecule has 0 aliphatic rings. The van der Waals surface area contributed by atoms with E-state index in [4.69, 9.17) is 5.73 Å². The minimum absolute atomic E-state index is 0.258. The Kier molecular flexibility index (Phi) is 2.78. The number of benzene rings is 1. The molecule has 0 unspecified atom stereocenters. The molecule has 1 aromatic heterocycles. The molecule has 1 heterocycles. The topological polar surface area (TPSA) is 50.9 Å². The molecule has 0 spiro atoms. The highest BCUT2D eigenvalue weighted by molar-refractivity contribution is 5.90. The molecule has 78 valence electrons. The van der Waals surface area contributed by atoms with Gasteiger partial charge in [0.15, 0.2) is 0 Å². The fourth-order valence-corrected chi connectivity index (χ4v) is 1.48. The van der Waals surface area contributed by atoms with Crippen LogP contribution in [0, 0.1) is 5.82 Å². The number of aromatic nitrogens is 1. The van der Waals surface area contributed by atoms with E-state index in [0.29, 0.717) is 13.1 Å². The minimum Gasteiger partial charge on any atom is -0.383 e. The van der Waals surface area contributed by atoms with Crippen LogP contribution in [-0.4, -0.2) is 18.1 Å². The number of nitrogens with two attached hydrogens (primary N) is 1. The van der Waals surface area contributed by atoms with Crippen LogP contribution in [0.5, 0.6) is 0 Å². The van der Waals surface area contributed by atoms with Crippen LogP contribution >= 0.6 is 0 Å². The number of hydrogen-bond donors (Lipinski definition) is 2. The summed E-state index contributed by atoms with van der Waals surface area (Å²) in [5.41, 5.74) is 7.04. The van der Waals surface area contributed by atoms with Gasteiger partial charge in [-0.3, -0.25) is 4.98 Å². The van der Waals surface area contributed by atoms with Gasteiger partial charge in [-0.05, 0) is 24.3 Å². The molecule has 0 bridgehead atoms. The number of nitrogens with one attached hydrogen (secondary N) is 1. The quantitative estimate of drug-likeness (QED) is 0.802. The van der Waals surface area contributed by atoms with Crippen LogP contribution in [-0.2, 0) is 0 Å². The van der Waals surface area contributed by atoms with Crippen molar-refractivity contribution in [2.45, 2.75) is 0 Å². The van der Waals surface area contributed by atoms with Crippen LogP contribution in [0.1, 0.15) is 0 Å². The van der Waals surface area contributed by atoms with Crippen molar-refractivity contribution in [2.75, 3.05) is 18.4 Å². The second-order valence-electron chi connectivity index (χ2n) is 3.24. The van der Waals surface area contributed by atoms with E-state index in [1.807, 2.05) is 6.07 Å². The lowest BCUT2D eigenvalue weighted by molar-refractivity contribution is 0.629. The summed E-state index contributed by atoms with van der Waals surface area (Å²) >= 11 is 0. The Balaban J connectivity index is 2.48.